The average Bonchev–Trinajstić information content (AvgIpc) is 2.54. The summed E-state index contributed by atoms with van der Waals surface area (Å²) < 4.78 is 20.2. The third kappa shape index (κ3) is 3.52. The lowest BCUT2D eigenvalue weighted by Crippen LogP contribution is -2.43. The summed E-state index contributed by atoms with van der Waals surface area (Å²) in [5, 5.41) is 0.192. The molecule has 0 aromatic rings. The first kappa shape index (κ1) is 16.2. The normalized spacial score (nSPS) is 32.1. The van der Waals surface area contributed by atoms with Crippen LogP contribution in [0, 0.1) is 5.41 Å². The van der Waals surface area contributed by atoms with Crippen molar-refractivity contribution in [3.8, 4) is 0 Å². The van der Waals surface area contributed by atoms with Crippen LogP contribution in [0.5, 0.6) is 0 Å². The first-order chi connectivity index (χ1) is 9.64. The van der Waals surface area contributed by atoms with Crippen LogP contribution in [0.4, 0.5) is 0 Å². The van der Waals surface area contributed by atoms with E-state index >= 15 is 0 Å². The van der Waals surface area contributed by atoms with Gasteiger partial charge in [-0.2, -0.15) is 0 Å². The van der Waals surface area contributed by atoms with Crippen molar-refractivity contribution < 1.29 is 8.95 Å². The predicted octanol–water partition coefficient (Wildman–Crippen LogP) is 3.29. The molecule has 0 radical (unpaired) electrons. The van der Waals surface area contributed by atoms with Crippen molar-refractivity contribution in [1.82, 2.24) is 4.31 Å². The first-order valence-corrected chi connectivity index (χ1v) is 9.18. The molecule has 1 fully saturated rings. The fraction of sp³-hybridized carbons (Fsp3) is 0.875. The third-order valence-electron chi connectivity index (χ3n) is 5.38. The molecule has 2 aliphatic rings. The van der Waals surface area contributed by atoms with Gasteiger partial charge in [0.15, 0.2) is 0 Å². The molecule has 1 aliphatic carbocycles. The molecule has 0 saturated carbocycles. The van der Waals surface area contributed by atoms with E-state index < -0.39 is 11.0 Å². The minimum atomic E-state index is -0.856. The molecule has 0 aromatic heterocycles. The highest BCUT2D eigenvalue weighted by atomic mass is 32.2. The van der Waals surface area contributed by atoms with Gasteiger partial charge in [-0.25, -0.2) is 8.51 Å². The van der Waals surface area contributed by atoms with Gasteiger partial charge in [-0.15, -0.1) is 0 Å². The average molecular weight is 299 g/mol. The van der Waals surface area contributed by atoms with Crippen LogP contribution in [0.25, 0.3) is 0 Å². The topological polar surface area (TPSA) is 29.5 Å². The monoisotopic (exact) mass is 299 g/mol. The third-order valence-corrected chi connectivity index (χ3v) is 7.16. The Bertz CT molecular complexity index is 355. The Kier molecular flexibility index (Phi) is 5.82. The summed E-state index contributed by atoms with van der Waals surface area (Å²) in [5.41, 5.74) is 0.504. The molecule has 3 nitrogen and oxygen atoms in total. The van der Waals surface area contributed by atoms with Crippen LogP contribution in [0.1, 0.15) is 52.4 Å². The van der Waals surface area contributed by atoms with Gasteiger partial charge in [-0.1, -0.05) is 38.8 Å². The zero-order valence-electron chi connectivity index (χ0n) is 13.1. The van der Waals surface area contributed by atoms with Gasteiger partial charge in [-0.05, 0) is 31.1 Å². The highest BCUT2D eigenvalue weighted by Gasteiger charge is 2.34. The maximum Gasteiger partial charge on any atom is 0.101 e. The van der Waals surface area contributed by atoms with Crippen LogP contribution in [-0.4, -0.2) is 40.1 Å². The number of methoxy groups -OCH3 is 1. The van der Waals surface area contributed by atoms with E-state index in [0.717, 1.165) is 25.9 Å². The van der Waals surface area contributed by atoms with Gasteiger partial charge in [0, 0.05) is 20.2 Å². The zero-order valence-corrected chi connectivity index (χ0v) is 14.0. The van der Waals surface area contributed by atoms with Crippen LogP contribution in [0.15, 0.2) is 12.2 Å². The van der Waals surface area contributed by atoms with Crippen LogP contribution in [0.3, 0.4) is 0 Å². The molecule has 0 N–H and O–H groups in total. The standard InChI is InChI=1S/C16H29NO2S/c1-4-16(5-2)10-12-17(13-11-16)20(18)15-8-6-14(19-3)7-9-15/h6,8,14-15H,4-5,7,9-13H2,1-3H3. The molecule has 1 saturated heterocycles. The summed E-state index contributed by atoms with van der Waals surface area (Å²) in [5.74, 6) is 0. The van der Waals surface area contributed by atoms with E-state index in [1.165, 1.54) is 25.7 Å². The summed E-state index contributed by atoms with van der Waals surface area (Å²) in [6.45, 7) is 6.58. The fourth-order valence-corrected chi connectivity index (χ4v) is 4.91. The zero-order chi connectivity index (χ0) is 14.6. The van der Waals surface area contributed by atoms with E-state index in [4.69, 9.17) is 4.74 Å². The molecule has 1 aliphatic heterocycles. The van der Waals surface area contributed by atoms with Crippen molar-refractivity contribution in [3.05, 3.63) is 12.2 Å². The van der Waals surface area contributed by atoms with Crippen LogP contribution >= 0.6 is 0 Å². The number of nitrogens with zero attached hydrogens (tertiary/aromatic N) is 1. The highest BCUT2D eigenvalue weighted by Crippen LogP contribution is 2.38. The molecule has 0 amide bonds. The molecule has 3 unspecified atom stereocenters. The van der Waals surface area contributed by atoms with Gasteiger partial charge in [0.2, 0.25) is 0 Å². The first-order valence-electron chi connectivity index (χ1n) is 8.01. The molecule has 4 heteroatoms. The Morgan fingerprint density at radius 1 is 1.20 bits per heavy atom. The number of hydrogen-bond donors (Lipinski definition) is 0. The molecule has 116 valence electrons. The van der Waals surface area contributed by atoms with Crippen molar-refractivity contribution >= 4 is 11.0 Å². The number of ether oxygens (including phenoxy) is 1. The molecule has 0 spiro atoms. The van der Waals surface area contributed by atoms with E-state index in [1.807, 2.05) is 0 Å². The van der Waals surface area contributed by atoms with Crippen molar-refractivity contribution in [1.29, 1.82) is 0 Å². The van der Waals surface area contributed by atoms with Gasteiger partial charge < -0.3 is 4.74 Å². The van der Waals surface area contributed by atoms with Crippen molar-refractivity contribution in [2.45, 2.75) is 63.7 Å². The van der Waals surface area contributed by atoms with Crippen LogP contribution < -0.4 is 0 Å². The lowest BCUT2D eigenvalue weighted by Gasteiger charge is -2.41. The number of piperidine rings is 1. The molecular formula is C16H29NO2S. The van der Waals surface area contributed by atoms with Crippen LogP contribution in [-0.2, 0) is 15.7 Å². The second kappa shape index (κ2) is 7.19. The van der Waals surface area contributed by atoms with E-state index in [2.05, 4.69) is 30.3 Å². The van der Waals surface area contributed by atoms with E-state index in [1.54, 1.807) is 7.11 Å². The molecule has 1 heterocycles. The van der Waals surface area contributed by atoms with Gasteiger partial charge in [-0.3, -0.25) is 0 Å². The highest BCUT2D eigenvalue weighted by molar-refractivity contribution is 7.83. The number of hydrogen-bond acceptors (Lipinski definition) is 2. The Morgan fingerprint density at radius 2 is 1.85 bits per heavy atom. The van der Waals surface area contributed by atoms with Crippen molar-refractivity contribution in [2.75, 3.05) is 20.2 Å². The second-order valence-electron chi connectivity index (χ2n) is 6.19. The summed E-state index contributed by atoms with van der Waals surface area (Å²) in [6.07, 6.45) is 11.3. The summed E-state index contributed by atoms with van der Waals surface area (Å²) >= 11 is 0. The molecule has 0 aromatic carbocycles. The summed E-state index contributed by atoms with van der Waals surface area (Å²) in [7, 11) is 0.886. The second-order valence-corrected chi connectivity index (χ2v) is 7.86. The quantitative estimate of drug-likeness (QED) is 0.729. The smallest absolute Gasteiger partial charge is 0.101 e. The van der Waals surface area contributed by atoms with Crippen molar-refractivity contribution in [3.63, 3.8) is 0 Å². The fourth-order valence-electron chi connectivity index (χ4n) is 3.42. The summed E-state index contributed by atoms with van der Waals surface area (Å²) in [6, 6.07) is 0. The Balaban J connectivity index is 1.89. The van der Waals surface area contributed by atoms with E-state index in [9.17, 15) is 4.21 Å². The Labute approximate surface area is 126 Å². The van der Waals surface area contributed by atoms with E-state index in [-0.39, 0.29) is 11.4 Å². The largest absolute Gasteiger partial charge is 0.377 e. The van der Waals surface area contributed by atoms with Gasteiger partial charge in [0.1, 0.15) is 11.0 Å². The molecular weight excluding hydrogens is 270 g/mol. The lowest BCUT2D eigenvalue weighted by molar-refractivity contribution is 0.127. The van der Waals surface area contributed by atoms with Gasteiger partial charge in [0.25, 0.3) is 0 Å². The van der Waals surface area contributed by atoms with Gasteiger partial charge in [0.05, 0.1) is 11.4 Å². The maximum atomic E-state index is 12.7. The maximum absolute atomic E-state index is 12.7. The minimum absolute atomic E-state index is 0.192. The predicted molar refractivity (Wildman–Crippen MR) is 84.9 cm³/mol. The molecule has 0 bridgehead atoms. The Morgan fingerprint density at radius 3 is 2.30 bits per heavy atom. The molecule has 20 heavy (non-hydrogen) atoms. The number of rotatable bonds is 5. The van der Waals surface area contributed by atoms with Crippen LogP contribution in [0.2, 0.25) is 0 Å². The molecule has 2 rings (SSSR count). The minimum Gasteiger partial charge on any atom is -0.377 e. The lowest BCUT2D eigenvalue weighted by atomic mass is 9.75. The Hall–Kier alpha value is -0.190. The summed E-state index contributed by atoms with van der Waals surface area (Å²) in [4.78, 5) is 0. The molecule has 3 atom stereocenters. The van der Waals surface area contributed by atoms with Crippen molar-refractivity contribution in [2.24, 2.45) is 5.41 Å². The van der Waals surface area contributed by atoms with Gasteiger partial charge >= 0.3 is 0 Å². The van der Waals surface area contributed by atoms with E-state index in [0.29, 0.717) is 5.41 Å². The SMILES string of the molecule is CCC1(CC)CCN(S(=O)C2C=CC(OC)CC2)CC1.